The minimum Gasteiger partial charge on any atom is -0.506 e. The number of phenolic OH excluding ortho intramolecular Hbond substituents is 2. The minimum absolute atomic E-state index is 0.516. The molecule has 0 saturated heterocycles. The molecule has 3 N–H and O–H groups in total. The number of aromatic hydroxyl groups is 2. The van der Waals surface area contributed by atoms with Crippen LogP contribution in [0.3, 0.4) is 0 Å². The van der Waals surface area contributed by atoms with Gasteiger partial charge >= 0.3 is 11.9 Å². The van der Waals surface area contributed by atoms with Crippen molar-refractivity contribution in [2.45, 2.75) is 19.0 Å². The second kappa shape index (κ2) is 5.66. The van der Waals surface area contributed by atoms with Crippen molar-refractivity contribution in [2.75, 3.05) is 0 Å². The van der Waals surface area contributed by atoms with Gasteiger partial charge in [-0.05, 0) is 18.9 Å². The number of hydrogen-bond acceptors (Lipinski definition) is 7. The number of carbonyl (C=O) groups is 1. The molecule has 0 amide bonds. The quantitative estimate of drug-likeness (QED) is 0.187. The Bertz CT molecular complexity index is 849. The normalized spacial score (nSPS) is 16.6. The third kappa shape index (κ3) is 2.82. The third-order valence-electron chi connectivity index (χ3n) is 3.84. The molecule has 0 bridgehead atoms. The van der Waals surface area contributed by atoms with Gasteiger partial charge in [0, 0.05) is 11.6 Å². The topological polar surface area (TPSA) is 145 Å². The van der Waals surface area contributed by atoms with E-state index in [2.05, 4.69) is 0 Å². The monoisotopic (exact) mass is 358 g/mol. The molecule has 0 spiro atoms. The lowest BCUT2D eigenvalue weighted by atomic mass is 9.92. The lowest BCUT2D eigenvalue weighted by molar-refractivity contribution is -0.386. The highest BCUT2D eigenvalue weighted by Gasteiger charge is 2.69. The molecule has 0 unspecified atom stereocenters. The van der Waals surface area contributed by atoms with E-state index in [1.807, 2.05) is 0 Å². The molecule has 0 heterocycles. The number of Topliss-reactive ketones (excluding diaryl/α,β-unsaturated/α-hetero) is 1. The van der Waals surface area contributed by atoms with Crippen LogP contribution in [0.2, 0.25) is 0 Å². The van der Waals surface area contributed by atoms with Crippen LogP contribution in [0.15, 0.2) is 17.7 Å². The van der Waals surface area contributed by atoms with Crippen LogP contribution in [0, 0.1) is 26.9 Å². The Labute approximate surface area is 137 Å². The van der Waals surface area contributed by atoms with Crippen molar-refractivity contribution in [3.05, 3.63) is 33.4 Å². The first-order valence-electron chi connectivity index (χ1n) is 6.62. The van der Waals surface area contributed by atoms with E-state index in [1.165, 1.54) is 6.07 Å². The molecule has 1 fully saturated rings. The maximum atomic E-state index is 13.0. The lowest BCUT2D eigenvalue weighted by Crippen LogP contribution is -2.33. The summed E-state index contributed by atoms with van der Waals surface area (Å²) < 4.78 is 39.0. The number of allylic oxidation sites excluding steroid dienone is 1. The third-order valence-corrected chi connectivity index (χ3v) is 3.84. The van der Waals surface area contributed by atoms with Crippen LogP contribution in [-0.2, 0) is 4.79 Å². The smallest absolute Gasteiger partial charge is 0.401 e. The molecule has 0 atom stereocenters. The number of nitrogens with zero attached hydrogens (tertiary/aromatic N) is 2. The second-order valence-electron chi connectivity index (χ2n) is 5.36. The van der Waals surface area contributed by atoms with Gasteiger partial charge in [-0.15, -0.1) is 0 Å². The molecule has 0 radical (unpaired) electrons. The first-order valence-corrected chi connectivity index (χ1v) is 6.62. The summed E-state index contributed by atoms with van der Waals surface area (Å²) in [5, 5.41) is 48.5. The maximum Gasteiger partial charge on any atom is 0.401 e. The Morgan fingerprint density at radius 1 is 1.32 bits per heavy atom. The Balaban J connectivity index is 2.60. The minimum atomic E-state index is -4.92. The van der Waals surface area contributed by atoms with Gasteiger partial charge in [-0.3, -0.25) is 14.9 Å². The number of phenols is 2. The number of nitriles is 1. The average molecular weight is 358 g/mol. The van der Waals surface area contributed by atoms with E-state index in [-0.39, 0.29) is 0 Å². The van der Waals surface area contributed by atoms with Gasteiger partial charge in [-0.2, -0.15) is 18.4 Å². The summed E-state index contributed by atoms with van der Waals surface area (Å²) >= 11 is 0. The molecule has 1 aromatic rings. The molecular formula is C14H9F3N2O6. The van der Waals surface area contributed by atoms with Crippen molar-refractivity contribution in [1.29, 1.82) is 5.26 Å². The van der Waals surface area contributed by atoms with E-state index in [1.54, 1.807) is 0 Å². The van der Waals surface area contributed by atoms with Crippen LogP contribution in [-0.4, -0.2) is 32.2 Å². The Morgan fingerprint density at radius 2 is 1.88 bits per heavy atom. The van der Waals surface area contributed by atoms with Gasteiger partial charge in [0.2, 0.25) is 5.75 Å². The SMILES string of the molecule is N#C/C(C(=O)C1(C(F)(F)F)CC1)=C(/O)c1cc(O)c(O)c([N+](=O)[O-])c1. The van der Waals surface area contributed by atoms with Gasteiger partial charge in [-0.25, -0.2) is 0 Å². The Kier molecular flexibility index (Phi) is 4.09. The lowest BCUT2D eigenvalue weighted by Gasteiger charge is -2.17. The number of nitro groups is 1. The summed E-state index contributed by atoms with van der Waals surface area (Å²) in [6, 6.07) is 2.26. The summed E-state index contributed by atoms with van der Waals surface area (Å²) in [7, 11) is 0. The van der Waals surface area contributed by atoms with Crippen LogP contribution < -0.4 is 0 Å². The zero-order valence-electron chi connectivity index (χ0n) is 12.2. The molecule has 1 aliphatic rings. The number of aliphatic hydroxyl groups excluding tert-OH is 1. The van der Waals surface area contributed by atoms with Crippen molar-refractivity contribution in [3.63, 3.8) is 0 Å². The molecule has 8 nitrogen and oxygen atoms in total. The molecule has 1 saturated carbocycles. The van der Waals surface area contributed by atoms with E-state index >= 15 is 0 Å². The van der Waals surface area contributed by atoms with Crippen LogP contribution in [0.25, 0.3) is 5.76 Å². The average Bonchev–Trinajstić information content (AvgIpc) is 3.31. The van der Waals surface area contributed by atoms with E-state index in [0.717, 1.165) is 0 Å². The number of nitro benzene ring substituents is 1. The fourth-order valence-electron chi connectivity index (χ4n) is 2.24. The van der Waals surface area contributed by atoms with E-state index < -0.39 is 69.2 Å². The molecule has 132 valence electrons. The first kappa shape index (κ1) is 18.1. The second-order valence-corrected chi connectivity index (χ2v) is 5.36. The first-order chi connectivity index (χ1) is 11.5. The number of alkyl halides is 3. The van der Waals surface area contributed by atoms with Crippen LogP contribution in [0.1, 0.15) is 18.4 Å². The van der Waals surface area contributed by atoms with Crippen LogP contribution in [0.5, 0.6) is 11.5 Å². The van der Waals surface area contributed by atoms with Gasteiger partial charge in [0.05, 0.1) is 4.92 Å². The Hall–Kier alpha value is -3.29. The molecule has 25 heavy (non-hydrogen) atoms. The molecule has 1 aromatic carbocycles. The maximum absolute atomic E-state index is 13.0. The number of halogens is 3. The summed E-state index contributed by atoms with van der Waals surface area (Å²) in [5.41, 5.74) is -5.74. The summed E-state index contributed by atoms with van der Waals surface area (Å²) in [4.78, 5) is 21.7. The van der Waals surface area contributed by atoms with Crippen molar-refractivity contribution in [3.8, 4) is 17.6 Å². The molecule has 1 aliphatic carbocycles. The van der Waals surface area contributed by atoms with Crippen molar-refractivity contribution in [1.82, 2.24) is 0 Å². The number of aliphatic hydroxyl groups is 1. The summed E-state index contributed by atoms with van der Waals surface area (Å²) in [5.74, 6) is -5.12. The molecule has 0 aromatic heterocycles. The molecule has 0 aliphatic heterocycles. The van der Waals surface area contributed by atoms with Gasteiger partial charge < -0.3 is 15.3 Å². The number of rotatable bonds is 4. The van der Waals surface area contributed by atoms with Crippen molar-refractivity contribution >= 4 is 17.2 Å². The zero-order chi connectivity index (χ0) is 19.2. The highest BCUT2D eigenvalue weighted by Crippen LogP contribution is 2.59. The van der Waals surface area contributed by atoms with E-state index in [4.69, 9.17) is 5.26 Å². The van der Waals surface area contributed by atoms with Gasteiger partial charge in [0.1, 0.15) is 22.8 Å². The fourth-order valence-corrected chi connectivity index (χ4v) is 2.24. The highest BCUT2D eigenvalue weighted by molar-refractivity contribution is 6.10. The molecule has 11 heteroatoms. The van der Waals surface area contributed by atoms with Crippen LogP contribution in [0.4, 0.5) is 18.9 Å². The number of hydrogen-bond donors (Lipinski definition) is 3. The van der Waals surface area contributed by atoms with Gasteiger partial charge in [-0.1, -0.05) is 0 Å². The fraction of sp³-hybridized carbons (Fsp3) is 0.286. The number of ketones is 1. The predicted octanol–water partition coefficient (Wildman–Crippen LogP) is 2.71. The molecule has 2 rings (SSSR count). The van der Waals surface area contributed by atoms with E-state index in [0.29, 0.717) is 12.1 Å². The predicted molar refractivity (Wildman–Crippen MR) is 74.3 cm³/mol. The largest absolute Gasteiger partial charge is 0.506 e. The Morgan fingerprint density at radius 3 is 2.28 bits per heavy atom. The zero-order valence-corrected chi connectivity index (χ0v) is 12.2. The summed E-state index contributed by atoms with van der Waals surface area (Å²) in [6.07, 6.45) is -6.01. The van der Waals surface area contributed by atoms with Crippen LogP contribution >= 0.6 is 0 Å². The summed E-state index contributed by atoms with van der Waals surface area (Å²) in [6.45, 7) is 0. The van der Waals surface area contributed by atoms with Crippen molar-refractivity contribution < 1.29 is 38.2 Å². The number of benzene rings is 1. The highest BCUT2D eigenvalue weighted by atomic mass is 19.4. The van der Waals surface area contributed by atoms with Crippen molar-refractivity contribution in [2.24, 2.45) is 5.41 Å². The van der Waals surface area contributed by atoms with E-state index in [9.17, 15) is 43.4 Å². The number of carbonyl (C=O) groups excluding carboxylic acids is 1. The van der Waals surface area contributed by atoms with Gasteiger partial charge in [0.25, 0.3) is 0 Å². The molecular weight excluding hydrogens is 349 g/mol. The van der Waals surface area contributed by atoms with Gasteiger partial charge in [0.15, 0.2) is 11.5 Å². The standard InChI is InChI=1S/C14H9F3N2O6/c15-14(16,17)13(1-2-13)12(23)7(5-18)10(21)6-3-8(19(24)25)11(22)9(20)4-6/h3-4,20-22H,1-2H2/b10-7-.